The van der Waals surface area contributed by atoms with E-state index in [0.29, 0.717) is 16.1 Å². The Balaban J connectivity index is 2.07. The number of pyridine rings is 1. The first-order chi connectivity index (χ1) is 11.8. The van der Waals surface area contributed by atoms with Crippen LogP contribution in [0.3, 0.4) is 0 Å². The van der Waals surface area contributed by atoms with Gasteiger partial charge in [-0.25, -0.2) is 14.3 Å². The van der Waals surface area contributed by atoms with Crippen LogP contribution in [0, 0.1) is 0 Å². The van der Waals surface area contributed by atoms with Crippen molar-refractivity contribution in [3.63, 3.8) is 0 Å². The standard InChI is InChI=1S/C18H24BClN2O4/c1-16(2,3)24-15(23)22-10-12(20)13-11(8-9-21-14(13)22)19-25-17(4,5)18(6,7)26-19/h8-10H,1-7H3. The molecule has 1 aliphatic heterocycles. The van der Waals surface area contributed by atoms with Crippen LogP contribution in [-0.2, 0) is 14.0 Å². The van der Waals surface area contributed by atoms with Gasteiger partial charge in [0.25, 0.3) is 0 Å². The van der Waals surface area contributed by atoms with Gasteiger partial charge in [0.1, 0.15) is 5.60 Å². The lowest BCUT2D eigenvalue weighted by molar-refractivity contribution is 0.00578. The molecule has 140 valence electrons. The smallest absolute Gasteiger partial charge is 0.443 e. The molecule has 0 radical (unpaired) electrons. The van der Waals surface area contributed by atoms with Gasteiger partial charge in [0.15, 0.2) is 5.65 Å². The summed E-state index contributed by atoms with van der Waals surface area (Å²) in [6, 6.07) is 1.80. The van der Waals surface area contributed by atoms with E-state index in [1.807, 2.05) is 27.7 Å². The minimum absolute atomic E-state index is 0.392. The van der Waals surface area contributed by atoms with Gasteiger partial charge in [-0.05, 0) is 60.0 Å². The maximum absolute atomic E-state index is 12.5. The molecule has 2 aromatic rings. The molecule has 0 N–H and O–H groups in total. The number of hydrogen-bond acceptors (Lipinski definition) is 5. The van der Waals surface area contributed by atoms with Crippen molar-refractivity contribution in [1.82, 2.24) is 9.55 Å². The van der Waals surface area contributed by atoms with Crippen molar-refractivity contribution in [3.05, 3.63) is 23.5 Å². The van der Waals surface area contributed by atoms with Crippen LogP contribution in [0.5, 0.6) is 0 Å². The minimum atomic E-state index is -0.622. The van der Waals surface area contributed by atoms with Crippen LogP contribution in [-0.4, -0.2) is 39.6 Å². The van der Waals surface area contributed by atoms with Crippen molar-refractivity contribution in [2.24, 2.45) is 0 Å². The zero-order valence-corrected chi connectivity index (χ0v) is 17.0. The number of aromatic nitrogens is 2. The first kappa shape index (κ1) is 19.2. The van der Waals surface area contributed by atoms with Crippen LogP contribution in [0.4, 0.5) is 4.79 Å². The second-order valence-electron chi connectivity index (χ2n) is 8.51. The summed E-state index contributed by atoms with van der Waals surface area (Å²) in [4.78, 5) is 16.8. The van der Waals surface area contributed by atoms with E-state index < -0.39 is 30.0 Å². The van der Waals surface area contributed by atoms with Crippen LogP contribution in [0.2, 0.25) is 5.02 Å². The molecule has 1 saturated heterocycles. The molecule has 0 spiro atoms. The predicted octanol–water partition coefficient (Wildman–Crippen LogP) is 3.77. The quantitative estimate of drug-likeness (QED) is 0.707. The fourth-order valence-electron chi connectivity index (χ4n) is 2.75. The van der Waals surface area contributed by atoms with Gasteiger partial charge in [0, 0.05) is 17.8 Å². The van der Waals surface area contributed by atoms with E-state index in [4.69, 9.17) is 25.6 Å². The van der Waals surface area contributed by atoms with Gasteiger partial charge in [-0.1, -0.05) is 11.6 Å². The third kappa shape index (κ3) is 3.24. The predicted molar refractivity (Wildman–Crippen MR) is 102 cm³/mol. The summed E-state index contributed by atoms with van der Waals surface area (Å²) in [7, 11) is -0.600. The average Bonchev–Trinajstić information content (AvgIpc) is 2.92. The first-order valence-electron chi connectivity index (χ1n) is 8.57. The molecule has 0 saturated carbocycles. The molecule has 0 atom stereocenters. The summed E-state index contributed by atoms with van der Waals surface area (Å²) in [6.07, 6.45) is 2.59. The van der Waals surface area contributed by atoms with Crippen LogP contribution in [0.25, 0.3) is 11.0 Å². The van der Waals surface area contributed by atoms with E-state index in [2.05, 4.69) is 4.98 Å². The number of carbonyl (C=O) groups is 1. The Morgan fingerprint density at radius 2 is 1.81 bits per heavy atom. The summed E-state index contributed by atoms with van der Waals surface area (Å²) >= 11 is 6.44. The maximum atomic E-state index is 12.5. The molecule has 3 heterocycles. The molecular weight excluding hydrogens is 354 g/mol. The SMILES string of the molecule is CC(C)(C)OC(=O)n1cc(Cl)c2c(B3OC(C)(C)C(C)(C)O3)ccnc21. The third-order valence-electron chi connectivity index (χ3n) is 4.77. The highest BCUT2D eigenvalue weighted by atomic mass is 35.5. The summed E-state index contributed by atoms with van der Waals surface area (Å²) in [6.45, 7) is 13.4. The molecule has 0 bridgehead atoms. The Morgan fingerprint density at radius 1 is 1.23 bits per heavy atom. The van der Waals surface area contributed by atoms with Crippen LogP contribution in [0.15, 0.2) is 18.5 Å². The monoisotopic (exact) mass is 378 g/mol. The van der Waals surface area contributed by atoms with Gasteiger partial charge < -0.3 is 14.0 Å². The molecule has 8 heteroatoms. The van der Waals surface area contributed by atoms with Crippen molar-refractivity contribution >= 4 is 41.3 Å². The molecule has 6 nitrogen and oxygen atoms in total. The molecule has 3 rings (SSSR count). The van der Waals surface area contributed by atoms with Gasteiger partial charge in [-0.2, -0.15) is 0 Å². The Kier molecular flexibility index (Phi) is 4.41. The zero-order chi connectivity index (χ0) is 19.5. The van der Waals surface area contributed by atoms with Gasteiger partial charge in [0.05, 0.1) is 16.2 Å². The molecule has 0 aromatic carbocycles. The molecule has 0 aliphatic carbocycles. The third-order valence-corrected chi connectivity index (χ3v) is 5.06. The Labute approximate surface area is 158 Å². The Bertz CT molecular complexity index is 854. The highest BCUT2D eigenvalue weighted by Gasteiger charge is 2.52. The molecule has 1 fully saturated rings. The summed E-state index contributed by atoms with van der Waals surface area (Å²) < 4.78 is 19.0. The largest absolute Gasteiger partial charge is 0.495 e. The summed E-state index contributed by atoms with van der Waals surface area (Å²) in [5.41, 5.74) is -0.429. The molecule has 26 heavy (non-hydrogen) atoms. The van der Waals surface area contributed by atoms with E-state index in [1.54, 1.807) is 33.0 Å². The van der Waals surface area contributed by atoms with Crippen molar-refractivity contribution in [2.45, 2.75) is 65.3 Å². The fourth-order valence-corrected chi connectivity index (χ4v) is 3.04. The number of hydrogen-bond donors (Lipinski definition) is 0. The lowest BCUT2D eigenvalue weighted by Gasteiger charge is -2.32. The molecule has 1 aliphatic rings. The summed E-state index contributed by atoms with van der Waals surface area (Å²) in [5, 5.41) is 1.02. The topological polar surface area (TPSA) is 62.6 Å². The summed E-state index contributed by atoms with van der Waals surface area (Å²) in [5.74, 6) is 0. The number of nitrogens with zero attached hydrogens (tertiary/aromatic N) is 2. The Hall–Kier alpha value is -1.57. The molecule has 0 unspecified atom stereocenters. The number of ether oxygens (including phenoxy) is 1. The highest BCUT2D eigenvalue weighted by Crippen LogP contribution is 2.37. The van der Waals surface area contributed by atoms with E-state index in [1.165, 1.54) is 10.8 Å². The van der Waals surface area contributed by atoms with E-state index in [0.717, 1.165) is 5.46 Å². The van der Waals surface area contributed by atoms with Crippen molar-refractivity contribution in [1.29, 1.82) is 0 Å². The number of fused-ring (bicyclic) bond motifs is 1. The fraction of sp³-hybridized carbons (Fsp3) is 0.556. The molecule has 2 aromatic heterocycles. The number of rotatable bonds is 1. The van der Waals surface area contributed by atoms with Crippen LogP contribution >= 0.6 is 11.6 Å². The normalized spacial score (nSPS) is 19.2. The lowest BCUT2D eigenvalue weighted by atomic mass is 9.78. The number of carbonyl (C=O) groups excluding carboxylic acids is 1. The minimum Gasteiger partial charge on any atom is -0.443 e. The maximum Gasteiger partial charge on any atom is 0.495 e. The molecular formula is C18H24BClN2O4. The van der Waals surface area contributed by atoms with Crippen molar-refractivity contribution in [3.8, 4) is 0 Å². The van der Waals surface area contributed by atoms with Crippen molar-refractivity contribution < 1.29 is 18.8 Å². The highest BCUT2D eigenvalue weighted by molar-refractivity contribution is 6.66. The van der Waals surface area contributed by atoms with Gasteiger partial charge in [-0.15, -0.1) is 0 Å². The van der Waals surface area contributed by atoms with Crippen LogP contribution < -0.4 is 5.46 Å². The average molecular weight is 379 g/mol. The lowest BCUT2D eigenvalue weighted by Crippen LogP contribution is -2.41. The van der Waals surface area contributed by atoms with Crippen molar-refractivity contribution in [2.75, 3.05) is 0 Å². The zero-order valence-electron chi connectivity index (χ0n) is 16.2. The van der Waals surface area contributed by atoms with Gasteiger partial charge in [0.2, 0.25) is 0 Å². The van der Waals surface area contributed by atoms with E-state index in [9.17, 15) is 4.79 Å². The molecule has 0 amide bonds. The van der Waals surface area contributed by atoms with E-state index >= 15 is 0 Å². The Morgan fingerprint density at radius 3 is 2.35 bits per heavy atom. The second-order valence-corrected chi connectivity index (χ2v) is 8.92. The van der Waals surface area contributed by atoms with Gasteiger partial charge in [-0.3, -0.25) is 0 Å². The van der Waals surface area contributed by atoms with E-state index in [-0.39, 0.29) is 0 Å². The second kappa shape index (κ2) is 5.97. The number of halogens is 1. The van der Waals surface area contributed by atoms with Crippen LogP contribution in [0.1, 0.15) is 48.5 Å². The van der Waals surface area contributed by atoms with Gasteiger partial charge >= 0.3 is 13.2 Å². The first-order valence-corrected chi connectivity index (χ1v) is 8.95.